The summed E-state index contributed by atoms with van der Waals surface area (Å²) in [4.78, 5) is 11.6. The topological polar surface area (TPSA) is 17.1 Å². The summed E-state index contributed by atoms with van der Waals surface area (Å²) in [6.45, 7) is 3.72. The van der Waals surface area contributed by atoms with Crippen LogP contribution in [0.25, 0.3) is 6.08 Å². The Morgan fingerprint density at radius 3 is 2.87 bits per heavy atom. The number of benzene rings is 1. The van der Waals surface area contributed by atoms with E-state index in [1.165, 1.54) is 0 Å². The molecule has 0 aliphatic heterocycles. The molecular formula is C14H12O. The van der Waals surface area contributed by atoms with Gasteiger partial charge in [-0.05, 0) is 17.2 Å². The summed E-state index contributed by atoms with van der Waals surface area (Å²) >= 11 is 0. The maximum atomic E-state index is 11.6. The highest BCUT2D eigenvalue weighted by molar-refractivity contribution is 5.98. The molecule has 1 atom stereocenters. The first kappa shape index (κ1) is 9.66. The van der Waals surface area contributed by atoms with Gasteiger partial charge in [-0.25, -0.2) is 0 Å². The van der Waals surface area contributed by atoms with Crippen LogP contribution < -0.4 is 0 Å². The minimum atomic E-state index is -0.130. The molecule has 0 saturated carbocycles. The maximum absolute atomic E-state index is 11.6. The van der Waals surface area contributed by atoms with Crippen molar-refractivity contribution in [2.24, 2.45) is 0 Å². The smallest absolute Gasteiger partial charge is 0.166 e. The third kappa shape index (κ3) is 1.96. The zero-order valence-corrected chi connectivity index (χ0v) is 8.39. The third-order valence-corrected chi connectivity index (χ3v) is 2.49. The summed E-state index contributed by atoms with van der Waals surface area (Å²) in [6, 6.07) is 7.90. The van der Waals surface area contributed by atoms with Crippen LogP contribution in [0.5, 0.6) is 0 Å². The Morgan fingerprint density at radius 2 is 2.13 bits per heavy atom. The second-order valence-corrected chi connectivity index (χ2v) is 3.50. The Kier molecular flexibility index (Phi) is 2.64. The molecular weight excluding hydrogens is 184 g/mol. The predicted molar refractivity (Wildman–Crippen MR) is 62.6 cm³/mol. The van der Waals surface area contributed by atoms with Crippen molar-refractivity contribution in [3.63, 3.8) is 0 Å². The maximum Gasteiger partial charge on any atom is 0.166 e. The number of allylic oxidation sites excluding steroid dienone is 4. The van der Waals surface area contributed by atoms with Crippen LogP contribution in [0.3, 0.4) is 0 Å². The molecule has 0 N–H and O–H groups in total. The molecule has 0 spiro atoms. The molecule has 2 rings (SSSR count). The number of ketones is 1. The van der Waals surface area contributed by atoms with E-state index in [2.05, 4.69) is 6.58 Å². The lowest BCUT2D eigenvalue weighted by Crippen LogP contribution is -2.09. The van der Waals surface area contributed by atoms with E-state index >= 15 is 0 Å². The molecule has 0 saturated heterocycles. The molecule has 1 aliphatic rings. The average Bonchev–Trinajstić information content (AvgIpc) is 2.30. The monoisotopic (exact) mass is 196 g/mol. The van der Waals surface area contributed by atoms with Gasteiger partial charge in [0.1, 0.15) is 0 Å². The lowest BCUT2D eigenvalue weighted by molar-refractivity contribution is -0.115. The van der Waals surface area contributed by atoms with Gasteiger partial charge in [0.05, 0.1) is 5.92 Å². The fraction of sp³-hybridized carbons (Fsp3) is 0.0714. The first-order valence-electron chi connectivity index (χ1n) is 4.92. The highest BCUT2D eigenvalue weighted by atomic mass is 16.1. The molecule has 1 nitrogen and oxygen atoms in total. The van der Waals surface area contributed by atoms with Crippen LogP contribution in [0.15, 0.2) is 55.1 Å². The van der Waals surface area contributed by atoms with Crippen molar-refractivity contribution in [1.82, 2.24) is 0 Å². The average molecular weight is 196 g/mol. The van der Waals surface area contributed by atoms with Crippen LogP contribution >= 0.6 is 0 Å². The van der Waals surface area contributed by atoms with Crippen molar-refractivity contribution in [3.8, 4) is 0 Å². The van der Waals surface area contributed by atoms with Crippen LogP contribution in [0, 0.1) is 0 Å². The summed E-state index contributed by atoms with van der Waals surface area (Å²) in [5.74, 6) is 0.00797. The van der Waals surface area contributed by atoms with Gasteiger partial charge in [0, 0.05) is 0 Å². The van der Waals surface area contributed by atoms with Crippen LogP contribution in [-0.4, -0.2) is 5.78 Å². The molecule has 0 bridgehead atoms. The van der Waals surface area contributed by atoms with E-state index < -0.39 is 0 Å². The number of carbonyl (C=O) groups is 1. The number of rotatable bonds is 2. The van der Waals surface area contributed by atoms with Gasteiger partial charge in [-0.1, -0.05) is 55.1 Å². The molecule has 15 heavy (non-hydrogen) atoms. The van der Waals surface area contributed by atoms with Crippen LogP contribution in [0.1, 0.15) is 17.0 Å². The van der Waals surface area contributed by atoms with Gasteiger partial charge in [-0.15, -0.1) is 0 Å². The summed E-state index contributed by atoms with van der Waals surface area (Å²) < 4.78 is 0. The largest absolute Gasteiger partial charge is 0.294 e. The first-order chi connectivity index (χ1) is 7.31. The number of carbonyl (C=O) groups excluding carboxylic acids is 1. The second kappa shape index (κ2) is 4.09. The molecule has 1 unspecified atom stereocenters. The highest BCUT2D eigenvalue weighted by Crippen LogP contribution is 2.22. The number of hydrogen-bond donors (Lipinski definition) is 0. The number of hydrogen-bond acceptors (Lipinski definition) is 1. The van der Waals surface area contributed by atoms with Gasteiger partial charge in [-0.3, -0.25) is 4.79 Å². The molecule has 0 radical (unpaired) electrons. The lowest BCUT2D eigenvalue weighted by Gasteiger charge is -2.12. The molecule has 1 aromatic rings. The molecule has 1 heteroatoms. The Labute approximate surface area is 89.4 Å². The van der Waals surface area contributed by atoms with E-state index in [9.17, 15) is 4.79 Å². The molecule has 0 heterocycles. The van der Waals surface area contributed by atoms with Gasteiger partial charge < -0.3 is 0 Å². The normalized spacial score (nSPS) is 19.2. The van der Waals surface area contributed by atoms with Crippen molar-refractivity contribution in [1.29, 1.82) is 0 Å². The SMILES string of the molecule is C=Cc1cccc(C2C=CC=CC2=O)c1. The third-order valence-electron chi connectivity index (χ3n) is 2.49. The Balaban J connectivity index is 2.36. The van der Waals surface area contributed by atoms with E-state index in [4.69, 9.17) is 0 Å². The molecule has 74 valence electrons. The molecule has 0 fully saturated rings. The fourth-order valence-corrected chi connectivity index (χ4v) is 1.68. The Hall–Kier alpha value is -1.89. The van der Waals surface area contributed by atoms with E-state index in [-0.39, 0.29) is 11.7 Å². The summed E-state index contributed by atoms with van der Waals surface area (Å²) in [7, 11) is 0. The zero-order chi connectivity index (χ0) is 10.7. The van der Waals surface area contributed by atoms with Crippen LogP contribution in [0.4, 0.5) is 0 Å². The van der Waals surface area contributed by atoms with E-state index in [1.807, 2.05) is 36.4 Å². The van der Waals surface area contributed by atoms with Crippen molar-refractivity contribution in [3.05, 3.63) is 66.3 Å². The second-order valence-electron chi connectivity index (χ2n) is 3.50. The van der Waals surface area contributed by atoms with E-state index in [0.717, 1.165) is 11.1 Å². The van der Waals surface area contributed by atoms with Crippen molar-refractivity contribution in [2.45, 2.75) is 5.92 Å². The zero-order valence-electron chi connectivity index (χ0n) is 8.39. The van der Waals surface area contributed by atoms with Gasteiger partial charge in [0.2, 0.25) is 0 Å². The lowest BCUT2D eigenvalue weighted by atomic mass is 9.90. The van der Waals surface area contributed by atoms with Gasteiger partial charge in [0.25, 0.3) is 0 Å². The standard InChI is InChI=1S/C14H12O/c1-2-11-6-5-7-12(10-11)13-8-3-4-9-14(13)15/h2-10,13H,1H2. The highest BCUT2D eigenvalue weighted by Gasteiger charge is 2.16. The summed E-state index contributed by atoms with van der Waals surface area (Å²) in [5, 5.41) is 0. The Morgan fingerprint density at radius 1 is 1.27 bits per heavy atom. The molecule has 1 aromatic carbocycles. The molecule has 0 aromatic heterocycles. The van der Waals surface area contributed by atoms with E-state index in [0.29, 0.717) is 0 Å². The van der Waals surface area contributed by atoms with Gasteiger partial charge in [-0.2, -0.15) is 0 Å². The fourth-order valence-electron chi connectivity index (χ4n) is 1.68. The van der Waals surface area contributed by atoms with Crippen molar-refractivity contribution >= 4 is 11.9 Å². The minimum absolute atomic E-state index is 0.130. The summed E-state index contributed by atoms with van der Waals surface area (Å²) in [5.41, 5.74) is 2.07. The van der Waals surface area contributed by atoms with Crippen LogP contribution in [0.2, 0.25) is 0 Å². The first-order valence-corrected chi connectivity index (χ1v) is 4.92. The minimum Gasteiger partial charge on any atom is -0.294 e. The predicted octanol–water partition coefficient (Wildman–Crippen LogP) is 3.11. The van der Waals surface area contributed by atoms with Crippen molar-refractivity contribution in [2.75, 3.05) is 0 Å². The van der Waals surface area contributed by atoms with Gasteiger partial charge in [0.15, 0.2) is 5.78 Å². The van der Waals surface area contributed by atoms with Gasteiger partial charge >= 0.3 is 0 Å². The quantitative estimate of drug-likeness (QED) is 0.710. The van der Waals surface area contributed by atoms with Crippen LogP contribution in [-0.2, 0) is 4.79 Å². The summed E-state index contributed by atoms with van der Waals surface area (Å²) in [6.07, 6.45) is 9.01. The van der Waals surface area contributed by atoms with E-state index in [1.54, 1.807) is 18.2 Å². The Bertz CT molecular complexity index is 452. The van der Waals surface area contributed by atoms with Crippen molar-refractivity contribution < 1.29 is 4.79 Å². The molecule has 1 aliphatic carbocycles. The molecule has 0 amide bonds.